The highest BCUT2D eigenvalue weighted by Gasteiger charge is 2.65. The number of hydrogen-bond donors (Lipinski definition) is 1. The second kappa shape index (κ2) is 10.3. The van der Waals surface area contributed by atoms with Gasteiger partial charge in [-0.2, -0.15) is 0 Å². The fraction of sp³-hybridized carbons (Fsp3) is 0.969. The lowest BCUT2D eigenvalue weighted by atomic mass is 9.45. The molecular weight excluding hydrogens is 458 g/mol. The number of rotatable bonds is 6. The maximum atomic E-state index is 14.7. The Hall–Kier alpha value is -0.353. The molecule has 0 saturated heterocycles. The van der Waals surface area contributed by atoms with E-state index < -0.39 is 13.9 Å². The molecule has 0 aromatic heterocycles. The van der Waals surface area contributed by atoms with Gasteiger partial charge in [0.1, 0.15) is 5.60 Å². The van der Waals surface area contributed by atoms with Gasteiger partial charge in [-0.05, 0) is 112 Å². The SMILES string of the molecule is CC[Si](CC)(OC1(C(=O)NC(C)(C)C)CC[C@@H](C)[C@H]2C[C@@H]3CC[C@@H](C)[C@H](CC[C@@]21C)C3(C)C)C(C)C. The topological polar surface area (TPSA) is 38.3 Å². The average molecular weight is 520 g/mol. The highest BCUT2D eigenvalue weighted by molar-refractivity contribution is 6.75. The van der Waals surface area contributed by atoms with E-state index in [1.165, 1.54) is 25.7 Å². The van der Waals surface area contributed by atoms with Gasteiger partial charge in [0.25, 0.3) is 5.91 Å². The van der Waals surface area contributed by atoms with Crippen LogP contribution in [-0.2, 0) is 9.22 Å². The maximum absolute atomic E-state index is 14.7. The summed E-state index contributed by atoms with van der Waals surface area (Å²) < 4.78 is 7.68. The van der Waals surface area contributed by atoms with Gasteiger partial charge >= 0.3 is 0 Å². The lowest BCUT2D eigenvalue weighted by molar-refractivity contribution is -0.188. The minimum atomic E-state index is -2.12. The van der Waals surface area contributed by atoms with Crippen LogP contribution in [0, 0.1) is 40.4 Å². The summed E-state index contributed by atoms with van der Waals surface area (Å²) >= 11 is 0. The summed E-state index contributed by atoms with van der Waals surface area (Å²) in [6.07, 6.45) is 8.29. The summed E-state index contributed by atoms with van der Waals surface area (Å²) in [5.74, 6) is 3.61. The fourth-order valence-electron chi connectivity index (χ4n) is 9.34. The molecule has 0 spiro atoms. The first-order valence-electron chi connectivity index (χ1n) is 15.5. The van der Waals surface area contributed by atoms with Gasteiger partial charge in [-0.25, -0.2) is 0 Å². The molecule has 0 aliphatic heterocycles. The Balaban J connectivity index is 2.19. The van der Waals surface area contributed by atoms with Crippen LogP contribution < -0.4 is 5.32 Å². The third-order valence-electron chi connectivity index (χ3n) is 12.0. The minimum absolute atomic E-state index is 0.137. The first-order chi connectivity index (χ1) is 16.5. The monoisotopic (exact) mass is 519 g/mol. The van der Waals surface area contributed by atoms with Gasteiger partial charge in [-0.1, -0.05) is 68.7 Å². The molecule has 210 valence electrons. The highest BCUT2D eigenvalue weighted by Crippen LogP contribution is 2.64. The molecule has 1 N–H and O–H groups in total. The number of carbonyl (C=O) groups is 1. The van der Waals surface area contributed by atoms with E-state index >= 15 is 0 Å². The zero-order chi connectivity index (χ0) is 27.3. The summed E-state index contributed by atoms with van der Waals surface area (Å²) in [5.41, 5.74) is -0.241. The van der Waals surface area contributed by atoms with E-state index in [1.807, 2.05) is 0 Å². The van der Waals surface area contributed by atoms with Crippen LogP contribution in [0.15, 0.2) is 0 Å². The lowest BCUT2D eigenvalue weighted by Crippen LogP contribution is -2.70. The molecule has 3 saturated carbocycles. The van der Waals surface area contributed by atoms with Gasteiger partial charge in [0.05, 0.1) is 0 Å². The molecule has 0 radical (unpaired) electrons. The number of fused-ring (bicyclic) bond motifs is 3. The molecule has 1 unspecified atom stereocenters. The quantitative estimate of drug-likeness (QED) is 0.356. The Kier molecular flexibility index (Phi) is 8.66. The van der Waals surface area contributed by atoms with E-state index in [9.17, 15) is 4.79 Å². The normalized spacial score (nSPS) is 39.2. The molecule has 3 aliphatic carbocycles. The summed E-state index contributed by atoms with van der Waals surface area (Å²) in [6, 6.07) is 2.16. The zero-order valence-electron chi connectivity index (χ0n) is 26.1. The van der Waals surface area contributed by atoms with Gasteiger partial charge in [0.2, 0.25) is 0 Å². The average Bonchev–Trinajstić information content (AvgIpc) is 2.76. The number of carbonyl (C=O) groups excluding carboxylic acids is 1. The minimum Gasteiger partial charge on any atom is -0.402 e. The Morgan fingerprint density at radius 1 is 0.944 bits per heavy atom. The maximum Gasteiger partial charge on any atom is 0.252 e. The van der Waals surface area contributed by atoms with Crippen molar-refractivity contribution >= 4 is 14.2 Å². The highest BCUT2D eigenvalue weighted by atomic mass is 28.4. The van der Waals surface area contributed by atoms with Crippen molar-refractivity contribution in [3.63, 3.8) is 0 Å². The summed E-state index contributed by atoms with van der Waals surface area (Å²) in [6.45, 7) is 28.3. The van der Waals surface area contributed by atoms with Crippen molar-refractivity contribution in [1.82, 2.24) is 5.32 Å². The van der Waals surface area contributed by atoms with Gasteiger partial charge in [0, 0.05) is 11.0 Å². The molecular formula is C32H61NO2Si. The summed E-state index contributed by atoms with van der Waals surface area (Å²) in [5, 5.41) is 3.48. The Morgan fingerprint density at radius 2 is 1.53 bits per heavy atom. The molecule has 3 fully saturated rings. The molecule has 3 rings (SSSR count). The van der Waals surface area contributed by atoms with Crippen LogP contribution in [0.1, 0.15) is 128 Å². The van der Waals surface area contributed by atoms with Crippen molar-refractivity contribution in [3.8, 4) is 0 Å². The molecule has 0 aromatic carbocycles. The summed E-state index contributed by atoms with van der Waals surface area (Å²) in [4.78, 5) is 14.7. The molecule has 4 heteroatoms. The van der Waals surface area contributed by atoms with Crippen molar-refractivity contribution in [3.05, 3.63) is 0 Å². The van der Waals surface area contributed by atoms with Gasteiger partial charge < -0.3 is 9.74 Å². The van der Waals surface area contributed by atoms with E-state index in [1.54, 1.807) is 0 Å². The molecule has 1 amide bonds. The van der Waals surface area contributed by atoms with Crippen LogP contribution in [0.4, 0.5) is 0 Å². The Bertz CT molecular complexity index is 782. The molecule has 0 heterocycles. The third-order valence-corrected chi connectivity index (χ3v) is 17.3. The smallest absolute Gasteiger partial charge is 0.252 e. The van der Waals surface area contributed by atoms with Crippen LogP contribution in [0.25, 0.3) is 0 Å². The van der Waals surface area contributed by atoms with Crippen LogP contribution in [0.5, 0.6) is 0 Å². The molecule has 7 atom stereocenters. The molecule has 0 aromatic rings. The molecule has 2 bridgehead atoms. The number of amides is 1. The number of hydrogen-bond acceptors (Lipinski definition) is 2. The van der Waals surface area contributed by atoms with E-state index in [0.29, 0.717) is 22.8 Å². The zero-order valence-corrected chi connectivity index (χ0v) is 27.1. The second-order valence-corrected chi connectivity index (χ2v) is 20.5. The first-order valence-corrected chi connectivity index (χ1v) is 17.9. The van der Waals surface area contributed by atoms with Crippen LogP contribution in [0.2, 0.25) is 17.6 Å². The standard InChI is InChI=1S/C32H61NO2Si/c1-13-36(14-2,22(3)4)35-32(28(34)33-29(7,8)9)20-17-24(6)27-21-25-16-15-23(5)26(30(25,10)11)18-19-31(27,32)12/h22-27H,13-21H2,1-12H3,(H,33,34)/t23-,24-,25+,26+,27-,31+,32?/m1/s1. The van der Waals surface area contributed by atoms with E-state index in [-0.39, 0.29) is 16.9 Å². The van der Waals surface area contributed by atoms with Crippen molar-refractivity contribution in [2.75, 3.05) is 0 Å². The largest absolute Gasteiger partial charge is 0.402 e. The van der Waals surface area contributed by atoms with E-state index in [2.05, 4.69) is 88.4 Å². The third kappa shape index (κ3) is 5.01. The van der Waals surface area contributed by atoms with Crippen LogP contribution >= 0.6 is 0 Å². The molecule has 36 heavy (non-hydrogen) atoms. The van der Waals surface area contributed by atoms with Crippen molar-refractivity contribution in [1.29, 1.82) is 0 Å². The Morgan fingerprint density at radius 3 is 2.06 bits per heavy atom. The fourth-order valence-corrected chi connectivity index (χ4v) is 13.1. The lowest BCUT2D eigenvalue weighted by Gasteiger charge is -2.63. The van der Waals surface area contributed by atoms with Crippen LogP contribution in [-0.4, -0.2) is 25.4 Å². The van der Waals surface area contributed by atoms with Gasteiger partial charge in [-0.15, -0.1) is 0 Å². The van der Waals surface area contributed by atoms with Crippen molar-refractivity contribution in [2.24, 2.45) is 40.4 Å². The first kappa shape index (κ1) is 30.2. The predicted molar refractivity (Wildman–Crippen MR) is 157 cm³/mol. The summed E-state index contributed by atoms with van der Waals surface area (Å²) in [7, 11) is -2.12. The Labute approximate surface area is 225 Å². The van der Waals surface area contributed by atoms with Crippen molar-refractivity contribution < 1.29 is 9.22 Å². The van der Waals surface area contributed by atoms with E-state index in [4.69, 9.17) is 4.43 Å². The molecule has 3 aliphatic rings. The van der Waals surface area contributed by atoms with Gasteiger partial charge in [0.15, 0.2) is 8.32 Å². The second-order valence-electron chi connectivity index (χ2n) is 15.6. The van der Waals surface area contributed by atoms with Gasteiger partial charge in [-0.3, -0.25) is 4.79 Å². The predicted octanol–water partition coefficient (Wildman–Crippen LogP) is 8.98. The van der Waals surface area contributed by atoms with Crippen LogP contribution in [0.3, 0.4) is 0 Å². The molecule has 3 nitrogen and oxygen atoms in total. The number of nitrogens with one attached hydrogen (secondary N) is 1. The van der Waals surface area contributed by atoms with E-state index in [0.717, 1.165) is 49.1 Å². The van der Waals surface area contributed by atoms with Crippen molar-refractivity contribution in [2.45, 2.75) is 157 Å².